The van der Waals surface area contributed by atoms with Crippen LogP contribution in [0.15, 0.2) is 30.8 Å². The van der Waals surface area contributed by atoms with Crippen LogP contribution in [-0.4, -0.2) is 0 Å². The Bertz CT molecular complexity index is 286. The van der Waals surface area contributed by atoms with Crippen LogP contribution in [0.3, 0.4) is 0 Å². The lowest BCUT2D eigenvalue weighted by atomic mass is 9.98. The second-order valence-electron chi connectivity index (χ2n) is 4.00. The fourth-order valence-corrected chi connectivity index (χ4v) is 1.49. The van der Waals surface area contributed by atoms with Crippen LogP contribution < -0.4 is 0 Å². The molecule has 0 aliphatic carbocycles. The van der Waals surface area contributed by atoms with Crippen LogP contribution in [-0.2, 0) is 6.42 Å². The molecule has 0 heterocycles. The van der Waals surface area contributed by atoms with Gasteiger partial charge in [-0.1, -0.05) is 57.2 Å². The van der Waals surface area contributed by atoms with Gasteiger partial charge in [0.1, 0.15) is 0 Å². The van der Waals surface area contributed by atoms with E-state index in [0.29, 0.717) is 0 Å². The molecular formula is C14H20. The smallest absolute Gasteiger partial charge is 0.0260 e. The van der Waals surface area contributed by atoms with Crippen molar-refractivity contribution in [3.05, 3.63) is 42.0 Å². The van der Waals surface area contributed by atoms with Crippen molar-refractivity contribution in [2.75, 3.05) is 0 Å². The zero-order valence-corrected chi connectivity index (χ0v) is 9.29. The molecule has 14 heavy (non-hydrogen) atoms. The molecule has 0 aromatic heterocycles. The van der Waals surface area contributed by atoms with E-state index in [9.17, 15) is 0 Å². The second kappa shape index (κ2) is 5.64. The Morgan fingerprint density at radius 3 is 2.86 bits per heavy atom. The Kier molecular flexibility index (Phi) is 4.45. The van der Waals surface area contributed by atoms with Crippen molar-refractivity contribution in [3.63, 3.8) is 0 Å². The predicted molar refractivity (Wildman–Crippen MR) is 64.3 cm³/mol. The van der Waals surface area contributed by atoms with E-state index in [1.165, 1.54) is 30.4 Å². The van der Waals surface area contributed by atoms with E-state index >= 15 is 0 Å². The molecule has 0 heteroatoms. The van der Waals surface area contributed by atoms with Crippen LogP contribution in [0.4, 0.5) is 0 Å². The first-order chi connectivity index (χ1) is 6.76. The summed E-state index contributed by atoms with van der Waals surface area (Å²) in [5.74, 6) is 0.836. The van der Waals surface area contributed by atoms with E-state index in [0.717, 1.165) is 5.92 Å². The van der Waals surface area contributed by atoms with Gasteiger partial charge in [0.15, 0.2) is 0 Å². The SMILES string of the molecule is C=Cc1cccc(CCC(C)CC)c1. The third-order valence-corrected chi connectivity index (χ3v) is 2.81. The maximum Gasteiger partial charge on any atom is -0.0260 e. The average Bonchev–Trinajstić information content (AvgIpc) is 2.26. The van der Waals surface area contributed by atoms with E-state index in [1.54, 1.807) is 0 Å². The Labute approximate surface area is 87.7 Å². The lowest BCUT2D eigenvalue weighted by Gasteiger charge is -2.08. The van der Waals surface area contributed by atoms with Gasteiger partial charge in [-0.05, 0) is 29.9 Å². The maximum atomic E-state index is 3.78. The zero-order chi connectivity index (χ0) is 10.4. The summed E-state index contributed by atoms with van der Waals surface area (Å²) in [6, 6.07) is 8.65. The number of hydrogen-bond acceptors (Lipinski definition) is 0. The summed E-state index contributed by atoms with van der Waals surface area (Å²) in [6.45, 7) is 8.36. The van der Waals surface area contributed by atoms with Gasteiger partial charge in [-0.25, -0.2) is 0 Å². The van der Waals surface area contributed by atoms with Gasteiger partial charge in [0, 0.05) is 0 Å². The Balaban J connectivity index is 2.54. The molecule has 1 aromatic rings. The van der Waals surface area contributed by atoms with E-state index in [-0.39, 0.29) is 0 Å². The summed E-state index contributed by atoms with van der Waals surface area (Å²) >= 11 is 0. The molecule has 76 valence electrons. The van der Waals surface area contributed by atoms with E-state index in [4.69, 9.17) is 0 Å². The van der Waals surface area contributed by atoms with Crippen molar-refractivity contribution in [2.24, 2.45) is 5.92 Å². The van der Waals surface area contributed by atoms with E-state index in [1.807, 2.05) is 6.08 Å². The van der Waals surface area contributed by atoms with Gasteiger partial charge in [-0.15, -0.1) is 0 Å². The highest BCUT2D eigenvalue weighted by Crippen LogP contribution is 2.13. The lowest BCUT2D eigenvalue weighted by Crippen LogP contribution is -1.95. The summed E-state index contributed by atoms with van der Waals surface area (Å²) in [5, 5.41) is 0. The third kappa shape index (κ3) is 3.37. The van der Waals surface area contributed by atoms with Gasteiger partial charge in [-0.2, -0.15) is 0 Å². The Hall–Kier alpha value is -1.04. The molecule has 0 amide bonds. The van der Waals surface area contributed by atoms with Crippen LogP contribution in [0.5, 0.6) is 0 Å². The van der Waals surface area contributed by atoms with Crippen LogP contribution in [0, 0.1) is 5.92 Å². The first-order valence-electron chi connectivity index (χ1n) is 5.47. The van der Waals surface area contributed by atoms with Crippen molar-refractivity contribution >= 4 is 6.08 Å². The molecule has 0 spiro atoms. The molecule has 1 atom stereocenters. The highest BCUT2D eigenvalue weighted by Gasteiger charge is 1.99. The van der Waals surface area contributed by atoms with Crippen LogP contribution in [0.25, 0.3) is 6.08 Å². The maximum absolute atomic E-state index is 3.78. The quantitative estimate of drug-likeness (QED) is 0.646. The van der Waals surface area contributed by atoms with Crippen molar-refractivity contribution < 1.29 is 0 Å². The second-order valence-corrected chi connectivity index (χ2v) is 4.00. The molecule has 0 aliphatic heterocycles. The third-order valence-electron chi connectivity index (χ3n) is 2.81. The van der Waals surface area contributed by atoms with Gasteiger partial charge < -0.3 is 0 Å². The molecule has 0 aliphatic rings. The minimum atomic E-state index is 0.836. The van der Waals surface area contributed by atoms with Gasteiger partial charge in [-0.3, -0.25) is 0 Å². The van der Waals surface area contributed by atoms with Gasteiger partial charge in [0.25, 0.3) is 0 Å². The Morgan fingerprint density at radius 1 is 1.43 bits per heavy atom. The molecular weight excluding hydrogens is 168 g/mol. The van der Waals surface area contributed by atoms with Crippen molar-refractivity contribution in [2.45, 2.75) is 33.1 Å². The number of aryl methyl sites for hydroxylation is 1. The Morgan fingerprint density at radius 2 is 2.21 bits per heavy atom. The van der Waals surface area contributed by atoms with Crippen molar-refractivity contribution in [1.29, 1.82) is 0 Å². The standard InChI is InChI=1S/C14H20/c1-4-12(3)9-10-14-8-6-7-13(5-2)11-14/h5-8,11-12H,2,4,9-10H2,1,3H3. The van der Waals surface area contributed by atoms with Crippen molar-refractivity contribution in [3.8, 4) is 0 Å². The molecule has 1 aromatic carbocycles. The van der Waals surface area contributed by atoms with Crippen molar-refractivity contribution in [1.82, 2.24) is 0 Å². The molecule has 0 bridgehead atoms. The molecule has 0 saturated heterocycles. The fraction of sp³-hybridized carbons (Fsp3) is 0.429. The first kappa shape index (κ1) is 11.0. The molecule has 0 nitrogen and oxygen atoms in total. The molecule has 0 fully saturated rings. The van der Waals surface area contributed by atoms with Gasteiger partial charge in [0.2, 0.25) is 0 Å². The minimum absolute atomic E-state index is 0.836. The summed E-state index contributed by atoms with van der Waals surface area (Å²) in [4.78, 5) is 0. The first-order valence-corrected chi connectivity index (χ1v) is 5.47. The largest absolute Gasteiger partial charge is 0.0985 e. The van der Waals surface area contributed by atoms with E-state index in [2.05, 4.69) is 44.7 Å². The molecule has 1 rings (SSSR count). The molecule has 0 saturated carbocycles. The van der Waals surface area contributed by atoms with Crippen LogP contribution in [0.1, 0.15) is 37.8 Å². The number of hydrogen-bond donors (Lipinski definition) is 0. The summed E-state index contributed by atoms with van der Waals surface area (Å²) in [7, 11) is 0. The summed E-state index contributed by atoms with van der Waals surface area (Å²) in [5.41, 5.74) is 2.66. The zero-order valence-electron chi connectivity index (χ0n) is 9.29. The highest BCUT2D eigenvalue weighted by atomic mass is 14.1. The molecule has 1 unspecified atom stereocenters. The average molecular weight is 188 g/mol. The minimum Gasteiger partial charge on any atom is -0.0985 e. The topological polar surface area (TPSA) is 0 Å². The lowest BCUT2D eigenvalue weighted by molar-refractivity contribution is 0.516. The van der Waals surface area contributed by atoms with Gasteiger partial charge in [0.05, 0.1) is 0 Å². The predicted octanol–water partition coefficient (Wildman–Crippen LogP) is 4.31. The highest BCUT2D eigenvalue weighted by molar-refractivity contribution is 5.47. The molecule has 0 N–H and O–H groups in total. The summed E-state index contributed by atoms with van der Waals surface area (Å²) in [6.07, 6.45) is 5.67. The van der Waals surface area contributed by atoms with E-state index < -0.39 is 0 Å². The monoisotopic (exact) mass is 188 g/mol. The normalized spacial score (nSPS) is 12.4. The van der Waals surface area contributed by atoms with Crippen LogP contribution in [0.2, 0.25) is 0 Å². The number of rotatable bonds is 5. The van der Waals surface area contributed by atoms with Crippen LogP contribution >= 0.6 is 0 Å². The van der Waals surface area contributed by atoms with Gasteiger partial charge >= 0.3 is 0 Å². The molecule has 0 radical (unpaired) electrons. The number of benzene rings is 1. The summed E-state index contributed by atoms with van der Waals surface area (Å²) < 4.78 is 0. The fourth-order valence-electron chi connectivity index (χ4n) is 1.49.